The molecule has 16 heteroatoms. The topological polar surface area (TPSA) is 134 Å². The predicted octanol–water partition coefficient (Wildman–Crippen LogP) is 3.24. The predicted molar refractivity (Wildman–Crippen MR) is 165 cm³/mol. The Hall–Kier alpha value is -3.95. The molecule has 0 atom stereocenters. The molecule has 1 fully saturated rings. The number of alkyl halides is 3. The molecule has 4 heterocycles. The number of rotatable bonds is 8. The van der Waals surface area contributed by atoms with E-state index >= 15 is 0 Å². The van der Waals surface area contributed by atoms with Crippen LogP contribution < -0.4 is 15.8 Å². The van der Waals surface area contributed by atoms with Gasteiger partial charge >= 0.3 is 6.18 Å². The Kier molecular flexibility index (Phi) is 9.47. The number of halogens is 4. The quantitative estimate of drug-likeness (QED) is 0.375. The van der Waals surface area contributed by atoms with Crippen LogP contribution >= 0.6 is 11.6 Å². The molecular formula is C30H35ClF3N7O5. The third-order valence-corrected chi connectivity index (χ3v) is 8.45. The highest BCUT2D eigenvalue weighted by Gasteiger charge is 2.35. The molecule has 248 valence electrons. The van der Waals surface area contributed by atoms with Gasteiger partial charge in [-0.1, -0.05) is 24.6 Å². The number of amides is 2. The number of piperazine rings is 1. The van der Waals surface area contributed by atoms with Gasteiger partial charge in [0.1, 0.15) is 12.2 Å². The van der Waals surface area contributed by atoms with Crippen LogP contribution in [0.4, 0.5) is 24.5 Å². The Labute approximate surface area is 267 Å². The van der Waals surface area contributed by atoms with E-state index in [1.165, 1.54) is 0 Å². The van der Waals surface area contributed by atoms with Crippen LogP contribution in [0.3, 0.4) is 0 Å². The second-order valence-electron chi connectivity index (χ2n) is 11.8. The van der Waals surface area contributed by atoms with Crippen LogP contribution in [0.25, 0.3) is 11.4 Å². The summed E-state index contributed by atoms with van der Waals surface area (Å²) in [7, 11) is 0. The molecule has 2 amide bonds. The first-order valence-corrected chi connectivity index (χ1v) is 15.2. The molecule has 3 aromatic rings. The van der Waals surface area contributed by atoms with E-state index in [0.29, 0.717) is 69.4 Å². The van der Waals surface area contributed by atoms with E-state index in [2.05, 4.69) is 15.4 Å². The molecule has 12 nitrogen and oxygen atoms in total. The number of nitrogens with one attached hydrogen (secondary N) is 1. The minimum absolute atomic E-state index is 0.00360. The maximum atomic E-state index is 14.0. The number of anilines is 2. The van der Waals surface area contributed by atoms with Gasteiger partial charge in [-0.3, -0.25) is 14.4 Å². The smallest absolute Gasteiger partial charge is 0.395 e. The van der Waals surface area contributed by atoms with E-state index in [1.54, 1.807) is 23.3 Å². The van der Waals surface area contributed by atoms with Gasteiger partial charge in [-0.05, 0) is 50.5 Å². The molecule has 0 spiro atoms. The number of nitrogens with zero attached hydrogens (tertiary/aromatic N) is 6. The number of hydrogen-bond acceptors (Lipinski definition) is 8. The lowest BCUT2D eigenvalue weighted by molar-refractivity contribution is -0.142. The van der Waals surface area contributed by atoms with E-state index in [-0.39, 0.29) is 35.5 Å². The normalized spacial score (nSPS) is 16.1. The summed E-state index contributed by atoms with van der Waals surface area (Å²) in [4.78, 5) is 48.6. The lowest BCUT2D eigenvalue weighted by atomic mass is 9.92. The number of hydrogen-bond donors (Lipinski definition) is 2. The number of aromatic nitrogens is 4. The summed E-state index contributed by atoms with van der Waals surface area (Å²) in [6.07, 6.45) is -1.91. The number of carbonyl (C=O) groups excluding carboxylic acids is 2. The Morgan fingerprint density at radius 2 is 1.87 bits per heavy atom. The fraction of sp³-hybridized carbons (Fsp3) is 0.500. The van der Waals surface area contributed by atoms with Gasteiger partial charge < -0.3 is 29.5 Å². The molecule has 0 unspecified atom stereocenters. The summed E-state index contributed by atoms with van der Waals surface area (Å²) in [5.74, 6) is -0.354. The molecule has 2 N–H and O–H groups in total. The zero-order chi connectivity index (χ0) is 33.4. The number of carbonyl (C=O) groups is 2. The third kappa shape index (κ3) is 6.62. The Balaban J connectivity index is 1.53. The molecule has 0 saturated carbocycles. The fourth-order valence-corrected chi connectivity index (χ4v) is 5.78. The second kappa shape index (κ2) is 13.0. The van der Waals surface area contributed by atoms with Crippen LogP contribution in [0.15, 0.2) is 29.1 Å². The van der Waals surface area contributed by atoms with E-state index in [0.717, 1.165) is 28.3 Å². The number of aliphatic hydroxyl groups is 1. The Bertz CT molecular complexity index is 1740. The SMILES string of the molecule is CCc1c(N2CCN(C(=O)C(C)(C)CO)CC2)c(=O)n2nc(C3=CCOCC3)nc2n1CC(=O)Nc1ccc(C(F)(F)F)cc1Cl. The Morgan fingerprint density at radius 3 is 2.46 bits per heavy atom. The van der Waals surface area contributed by atoms with Crippen LogP contribution in [0.2, 0.25) is 5.02 Å². The second-order valence-corrected chi connectivity index (χ2v) is 12.2. The van der Waals surface area contributed by atoms with Crippen LogP contribution in [0.1, 0.15) is 44.3 Å². The van der Waals surface area contributed by atoms with Crippen molar-refractivity contribution in [2.45, 2.75) is 46.3 Å². The highest BCUT2D eigenvalue weighted by molar-refractivity contribution is 6.33. The van der Waals surface area contributed by atoms with Gasteiger partial charge in [0.05, 0.1) is 47.2 Å². The molecular weight excluding hydrogens is 631 g/mol. The van der Waals surface area contributed by atoms with Gasteiger partial charge in [0, 0.05) is 26.2 Å². The number of aliphatic hydroxyl groups excluding tert-OH is 1. The maximum Gasteiger partial charge on any atom is 0.416 e. The summed E-state index contributed by atoms with van der Waals surface area (Å²) >= 11 is 6.09. The molecule has 0 bridgehead atoms. The van der Waals surface area contributed by atoms with Gasteiger partial charge in [0.2, 0.25) is 17.6 Å². The molecule has 0 aliphatic carbocycles. The van der Waals surface area contributed by atoms with Crippen molar-refractivity contribution in [3.05, 3.63) is 56.7 Å². The van der Waals surface area contributed by atoms with Gasteiger partial charge in [0.25, 0.3) is 5.56 Å². The van der Waals surface area contributed by atoms with Crippen molar-refractivity contribution in [2.24, 2.45) is 5.41 Å². The monoisotopic (exact) mass is 665 g/mol. The highest BCUT2D eigenvalue weighted by atomic mass is 35.5. The average Bonchev–Trinajstić information content (AvgIpc) is 3.49. The van der Waals surface area contributed by atoms with Gasteiger partial charge in [-0.25, -0.2) is 0 Å². The Morgan fingerprint density at radius 1 is 1.15 bits per heavy atom. The van der Waals surface area contributed by atoms with E-state index < -0.39 is 28.6 Å². The van der Waals surface area contributed by atoms with Gasteiger partial charge in [0.15, 0.2) is 5.82 Å². The minimum Gasteiger partial charge on any atom is -0.395 e. The van der Waals surface area contributed by atoms with Crippen molar-refractivity contribution in [1.29, 1.82) is 0 Å². The van der Waals surface area contributed by atoms with Crippen molar-refractivity contribution in [2.75, 3.05) is 56.2 Å². The minimum atomic E-state index is -4.60. The molecule has 2 aliphatic heterocycles. The molecule has 1 aromatic carbocycles. The summed E-state index contributed by atoms with van der Waals surface area (Å²) in [5, 5.41) is 16.5. The van der Waals surface area contributed by atoms with Crippen molar-refractivity contribution in [3.8, 4) is 0 Å². The van der Waals surface area contributed by atoms with Crippen molar-refractivity contribution < 1.29 is 32.6 Å². The van der Waals surface area contributed by atoms with Crippen molar-refractivity contribution in [1.82, 2.24) is 24.1 Å². The van der Waals surface area contributed by atoms with E-state index in [1.807, 2.05) is 17.9 Å². The lowest BCUT2D eigenvalue weighted by Gasteiger charge is -2.39. The molecule has 2 aromatic heterocycles. The molecule has 46 heavy (non-hydrogen) atoms. The number of fused-ring (bicyclic) bond motifs is 1. The fourth-order valence-electron chi connectivity index (χ4n) is 5.55. The summed E-state index contributed by atoms with van der Waals surface area (Å²) < 4.78 is 47.5. The summed E-state index contributed by atoms with van der Waals surface area (Å²) in [6.45, 7) is 6.61. The molecule has 5 rings (SSSR count). The first kappa shape index (κ1) is 33.4. The van der Waals surface area contributed by atoms with Crippen LogP contribution in [-0.2, 0) is 33.5 Å². The van der Waals surface area contributed by atoms with Crippen LogP contribution in [0, 0.1) is 5.41 Å². The standard InChI is InChI=1S/C30H35ClF3N7O5/c1-4-22-24(38-9-11-39(12-10-38)27(45)29(2,3)17-42)26(44)41-28(36-25(37-41)18-7-13-46-14-8-18)40(22)16-23(43)35-21-6-5-19(15-20(21)31)30(32,33)34/h5-7,15,42H,4,8-14,16-17H2,1-3H3,(H,35,43). The number of ether oxygens (including phenoxy) is 1. The van der Waals surface area contributed by atoms with Crippen LogP contribution in [-0.4, -0.2) is 87.0 Å². The van der Waals surface area contributed by atoms with Gasteiger partial charge in [-0.2, -0.15) is 22.7 Å². The summed E-state index contributed by atoms with van der Waals surface area (Å²) in [6, 6.07) is 2.65. The molecule has 1 saturated heterocycles. The van der Waals surface area contributed by atoms with Crippen LogP contribution in [0.5, 0.6) is 0 Å². The van der Waals surface area contributed by atoms with Crippen molar-refractivity contribution in [3.63, 3.8) is 0 Å². The van der Waals surface area contributed by atoms with Crippen molar-refractivity contribution >= 4 is 46.1 Å². The maximum absolute atomic E-state index is 14.0. The van der Waals surface area contributed by atoms with Gasteiger partial charge in [-0.15, -0.1) is 5.10 Å². The average molecular weight is 666 g/mol. The first-order valence-electron chi connectivity index (χ1n) is 14.9. The zero-order valence-electron chi connectivity index (χ0n) is 25.7. The van der Waals surface area contributed by atoms with E-state index in [9.17, 15) is 32.7 Å². The largest absolute Gasteiger partial charge is 0.416 e. The lowest BCUT2D eigenvalue weighted by Crippen LogP contribution is -2.54. The number of benzene rings is 1. The highest BCUT2D eigenvalue weighted by Crippen LogP contribution is 2.34. The third-order valence-electron chi connectivity index (χ3n) is 8.14. The molecule has 0 radical (unpaired) electrons. The summed E-state index contributed by atoms with van der Waals surface area (Å²) in [5.41, 5.74) is -0.729. The van der Waals surface area contributed by atoms with E-state index in [4.69, 9.17) is 16.3 Å². The first-order chi connectivity index (χ1) is 21.7. The zero-order valence-corrected chi connectivity index (χ0v) is 26.4. The molecule has 2 aliphatic rings.